The number of hydrazone groups is 2. The van der Waals surface area contributed by atoms with Crippen molar-refractivity contribution in [1.82, 2.24) is 0 Å². The summed E-state index contributed by atoms with van der Waals surface area (Å²) in [7, 11) is -9.08. The normalized spacial score (nSPS) is 17.6. The van der Waals surface area contributed by atoms with Crippen molar-refractivity contribution in [2.75, 3.05) is 10.0 Å². The van der Waals surface area contributed by atoms with Crippen molar-refractivity contribution >= 4 is 115 Å². The van der Waals surface area contributed by atoms with Gasteiger partial charge in [0.15, 0.2) is 12.1 Å². The third-order valence-electron chi connectivity index (χ3n) is 7.02. The monoisotopic (exact) mass is 852 g/mol. The van der Waals surface area contributed by atoms with E-state index in [1.165, 1.54) is 24.3 Å². The molecule has 0 bridgehead atoms. The van der Waals surface area contributed by atoms with Gasteiger partial charge in [-0.05, 0) is 86.6 Å². The molecule has 16 nitrogen and oxygen atoms in total. The Kier molecular flexibility index (Phi) is 13.1. The quantitative estimate of drug-likeness (QED) is 0.138. The van der Waals surface area contributed by atoms with Crippen LogP contribution in [0, 0.1) is 0 Å². The summed E-state index contributed by atoms with van der Waals surface area (Å²) in [6, 6.07) is 26.2. The second-order valence-corrected chi connectivity index (χ2v) is 13.3. The number of carbonyl (C=O) groups is 2. The fourth-order valence-corrected chi connectivity index (χ4v) is 5.43. The van der Waals surface area contributed by atoms with Crippen molar-refractivity contribution in [3.05, 3.63) is 109 Å². The molecule has 0 saturated carbocycles. The molecule has 0 fully saturated rings. The van der Waals surface area contributed by atoms with Gasteiger partial charge in [0.25, 0.3) is 11.8 Å². The van der Waals surface area contributed by atoms with Crippen molar-refractivity contribution in [2.24, 2.45) is 30.7 Å². The first-order valence-corrected chi connectivity index (χ1v) is 17.4. The van der Waals surface area contributed by atoms with Crippen LogP contribution in [0.2, 0.25) is 0 Å². The van der Waals surface area contributed by atoms with E-state index < -0.39 is 44.1 Å². The minimum Gasteiger partial charge on any atom is -0.744 e. The maximum atomic E-state index is 12.5. The molecular formula is C32H26BaN8O8S2. The number of anilines is 2. The van der Waals surface area contributed by atoms with Crippen LogP contribution in [0.15, 0.2) is 150 Å². The van der Waals surface area contributed by atoms with Crippen LogP contribution in [0.25, 0.3) is 0 Å². The summed E-state index contributed by atoms with van der Waals surface area (Å²) in [5.41, 5.74) is 2.84. The number of azo groups is 2. The Hall–Kier alpha value is -4.25. The summed E-state index contributed by atoms with van der Waals surface area (Å²) >= 11 is 0. The zero-order valence-corrected chi connectivity index (χ0v) is 33.0. The van der Waals surface area contributed by atoms with Gasteiger partial charge in [0, 0.05) is 0 Å². The molecule has 2 aliphatic heterocycles. The zero-order valence-electron chi connectivity index (χ0n) is 26.9. The molecule has 0 aromatic heterocycles. The van der Waals surface area contributed by atoms with E-state index >= 15 is 0 Å². The predicted molar refractivity (Wildman–Crippen MR) is 185 cm³/mol. The molecular weight excluding hydrogens is 826 g/mol. The molecule has 4 aromatic carbocycles. The van der Waals surface area contributed by atoms with Gasteiger partial charge in [-0.15, -0.1) is 0 Å². The molecule has 0 aliphatic carbocycles. The van der Waals surface area contributed by atoms with E-state index in [9.17, 15) is 35.5 Å². The Morgan fingerprint density at radius 3 is 1.16 bits per heavy atom. The van der Waals surface area contributed by atoms with Crippen LogP contribution in [0.1, 0.15) is 13.8 Å². The van der Waals surface area contributed by atoms with Gasteiger partial charge in [-0.2, -0.15) is 40.7 Å². The molecule has 0 saturated heterocycles. The van der Waals surface area contributed by atoms with Crippen LogP contribution >= 0.6 is 0 Å². The molecule has 0 radical (unpaired) electrons. The summed E-state index contributed by atoms with van der Waals surface area (Å²) in [4.78, 5) is 24.3. The second-order valence-electron chi connectivity index (χ2n) is 10.6. The minimum atomic E-state index is -4.54. The molecule has 19 heteroatoms. The van der Waals surface area contributed by atoms with Crippen LogP contribution in [0.3, 0.4) is 0 Å². The van der Waals surface area contributed by atoms with E-state index in [0.29, 0.717) is 34.2 Å². The second kappa shape index (κ2) is 16.8. The third kappa shape index (κ3) is 9.96. The van der Waals surface area contributed by atoms with Gasteiger partial charge in [-0.1, -0.05) is 36.4 Å². The Labute approximate surface area is 333 Å². The number of carbonyl (C=O) groups excluding carboxylic acids is 2. The summed E-state index contributed by atoms with van der Waals surface area (Å²) < 4.78 is 65.8. The van der Waals surface area contributed by atoms with Crippen molar-refractivity contribution in [2.45, 2.75) is 35.7 Å². The maximum Gasteiger partial charge on any atom is 2.00 e. The average molecular weight is 852 g/mol. The predicted octanol–water partition coefficient (Wildman–Crippen LogP) is 4.55. The average Bonchev–Trinajstić information content (AvgIpc) is 3.55. The van der Waals surface area contributed by atoms with Crippen LogP contribution in [-0.4, -0.2) is 110 Å². The minimum absolute atomic E-state index is 0. The molecule has 2 heterocycles. The van der Waals surface area contributed by atoms with Crippen LogP contribution in [0.5, 0.6) is 0 Å². The van der Waals surface area contributed by atoms with Crippen LogP contribution in [0.4, 0.5) is 22.7 Å². The molecule has 256 valence electrons. The van der Waals surface area contributed by atoms with Crippen LogP contribution < -0.4 is 10.0 Å². The molecule has 2 atom stereocenters. The van der Waals surface area contributed by atoms with E-state index in [0.717, 1.165) is 34.3 Å². The molecule has 0 N–H and O–H groups in total. The van der Waals surface area contributed by atoms with Gasteiger partial charge >= 0.3 is 48.9 Å². The molecule has 0 spiro atoms. The van der Waals surface area contributed by atoms with Crippen molar-refractivity contribution in [3.63, 3.8) is 0 Å². The summed E-state index contributed by atoms with van der Waals surface area (Å²) in [6.07, 6.45) is 0. The van der Waals surface area contributed by atoms with Crippen molar-refractivity contribution in [3.8, 4) is 0 Å². The molecule has 51 heavy (non-hydrogen) atoms. The van der Waals surface area contributed by atoms with Crippen LogP contribution in [-0.2, 0) is 29.8 Å². The summed E-state index contributed by atoms with van der Waals surface area (Å²) in [5, 5.41) is 26.7. The Balaban J connectivity index is 0.000000224. The first-order chi connectivity index (χ1) is 23.7. The Morgan fingerprint density at radius 1 is 0.549 bits per heavy atom. The molecule has 2 unspecified atom stereocenters. The van der Waals surface area contributed by atoms with E-state index in [-0.39, 0.29) is 58.7 Å². The first kappa shape index (κ1) is 39.5. The Bertz CT molecular complexity index is 2070. The van der Waals surface area contributed by atoms with E-state index in [1.807, 2.05) is 36.4 Å². The standard InChI is InChI=1S/2C16H14N4O4S.Ba/c2*1-11-15(18-17-12-5-3-2-4-6-12)16(21)20(19-11)13-7-9-14(10-8-13)25(22,23)24;/h2*2-10,15H,1H3,(H,22,23,24);/q;;+2/p-2. The maximum absolute atomic E-state index is 12.5. The van der Waals surface area contributed by atoms with Gasteiger partial charge in [0.1, 0.15) is 20.2 Å². The largest absolute Gasteiger partial charge is 2.00 e. The number of hydrogen-bond acceptors (Lipinski definition) is 14. The van der Waals surface area contributed by atoms with Gasteiger partial charge in [-0.25, -0.2) is 16.8 Å². The van der Waals surface area contributed by atoms with E-state index in [1.54, 1.807) is 38.1 Å². The van der Waals surface area contributed by atoms with Crippen molar-refractivity contribution < 1.29 is 35.5 Å². The SMILES string of the molecule is CC1=NN(c2ccc(S(=O)(=O)[O-])cc2)C(=O)C1N=Nc1ccccc1.CC1=NN(c2ccc(S(=O)(=O)[O-])cc2)C(=O)C1N=Nc1ccccc1.[Ba+2]. The number of nitrogens with zero attached hydrogens (tertiary/aromatic N) is 8. The van der Waals surface area contributed by atoms with Gasteiger partial charge in [-0.3, -0.25) is 9.59 Å². The van der Waals surface area contributed by atoms with E-state index in [2.05, 4.69) is 30.7 Å². The molecule has 4 aromatic rings. The topological polar surface area (TPSA) is 229 Å². The fourth-order valence-electron chi connectivity index (χ4n) is 4.49. The number of benzene rings is 4. The first-order valence-electron chi connectivity index (χ1n) is 14.5. The van der Waals surface area contributed by atoms with Gasteiger partial charge < -0.3 is 9.11 Å². The summed E-state index contributed by atoms with van der Waals surface area (Å²) in [6.45, 7) is 3.31. The molecule has 2 amide bonds. The Morgan fingerprint density at radius 2 is 0.863 bits per heavy atom. The molecule has 2 aliphatic rings. The molecule has 6 rings (SSSR count). The van der Waals surface area contributed by atoms with E-state index in [4.69, 9.17) is 0 Å². The third-order valence-corrected chi connectivity index (χ3v) is 8.72. The number of amides is 2. The van der Waals surface area contributed by atoms with Crippen molar-refractivity contribution in [1.29, 1.82) is 0 Å². The van der Waals surface area contributed by atoms with Gasteiger partial charge in [0.05, 0.1) is 44.0 Å². The number of hydrogen-bond donors (Lipinski definition) is 0. The number of rotatable bonds is 8. The fraction of sp³-hybridized carbons (Fsp3) is 0.125. The smallest absolute Gasteiger partial charge is 0.744 e. The van der Waals surface area contributed by atoms with Gasteiger partial charge in [0.2, 0.25) is 0 Å². The summed E-state index contributed by atoms with van der Waals surface area (Å²) in [5.74, 6) is -0.815. The zero-order chi connectivity index (χ0) is 36.1.